The molecule has 0 bridgehead atoms. The second-order valence-corrected chi connectivity index (χ2v) is 7.34. The first-order valence-corrected chi connectivity index (χ1v) is 9.27. The summed E-state index contributed by atoms with van der Waals surface area (Å²) in [5, 5.41) is 25.0. The highest BCUT2D eigenvalue weighted by molar-refractivity contribution is 5.95. The van der Waals surface area contributed by atoms with Crippen LogP contribution >= 0.6 is 0 Å². The molecule has 0 aliphatic rings. The van der Waals surface area contributed by atoms with Crippen LogP contribution < -0.4 is 26.8 Å². The number of guanidine groups is 1. The molecular formula is C18H26N6O8. The summed E-state index contributed by atoms with van der Waals surface area (Å²) in [5.74, 6) is -2.47. The Labute approximate surface area is 183 Å². The highest BCUT2D eigenvalue weighted by atomic mass is 16.6. The van der Waals surface area contributed by atoms with E-state index in [1.165, 1.54) is 12.1 Å². The van der Waals surface area contributed by atoms with Crippen molar-refractivity contribution < 1.29 is 33.9 Å². The van der Waals surface area contributed by atoms with Gasteiger partial charge in [0.15, 0.2) is 11.7 Å². The number of carboxylic acids is 1. The minimum atomic E-state index is -1.48. The normalized spacial score (nSPS) is 11.6. The first-order chi connectivity index (χ1) is 14.8. The summed E-state index contributed by atoms with van der Waals surface area (Å²) in [5.41, 5.74) is 8.91. The molecule has 0 saturated carbocycles. The van der Waals surface area contributed by atoms with E-state index in [-0.39, 0.29) is 30.4 Å². The molecule has 176 valence electrons. The van der Waals surface area contributed by atoms with Crippen molar-refractivity contribution in [3.05, 3.63) is 33.9 Å². The number of aliphatic carboxylic acids is 1. The minimum absolute atomic E-state index is 0.0408. The van der Waals surface area contributed by atoms with Crippen LogP contribution in [0.15, 0.2) is 23.2 Å². The average molecular weight is 454 g/mol. The summed E-state index contributed by atoms with van der Waals surface area (Å²) >= 11 is 0. The summed E-state index contributed by atoms with van der Waals surface area (Å²) in [7, 11) is 0. The van der Waals surface area contributed by atoms with Gasteiger partial charge in [-0.05, 0) is 32.9 Å². The van der Waals surface area contributed by atoms with E-state index in [2.05, 4.69) is 15.6 Å². The maximum atomic E-state index is 12.4. The molecule has 14 nitrogen and oxygen atoms in total. The third-order valence-electron chi connectivity index (χ3n) is 3.52. The van der Waals surface area contributed by atoms with Gasteiger partial charge in [-0.2, -0.15) is 0 Å². The van der Waals surface area contributed by atoms with Crippen molar-refractivity contribution in [2.45, 2.75) is 32.4 Å². The monoisotopic (exact) mass is 454 g/mol. The van der Waals surface area contributed by atoms with E-state index in [9.17, 15) is 29.6 Å². The molecule has 0 aliphatic heterocycles. The molecule has 1 unspecified atom stereocenters. The molecule has 0 heterocycles. The molecule has 0 fully saturated rings. The first-order valence-electron chi connectivity index (χ1n) is 9.27. The number of nitro benzene ring substituents is 1. The van der Waals surface area contributed by atoms with E-state index < -0.39 is 46.8 Å². The number of amides is 2. The average Bonchev–Trinajstić information content (AvgIpc) is 2.66. The standard InChI is InChI=1S/C18H26N6O8/c1-18(2,3)32-17(28)23-11(15(26)27)9-22-14(25)10-4-5-13(12(8-10)24(29)30)31-7-6-21-16(19)20/h4-5,8,11H,6-7,9H2,1-3H3,(H,22,25)(H,23,28)(H,26,27)(H4,19,20,21). The van der Waals surface area contributed by atoms with E-state index in [4.69, 9.17) is 20.9 Å². The van der Waals surface area contributed by atoms with E-state index in [1.54, 1.807) is 20.8 Å². The number of carbonyl (C=O) groups is 3. The van der Waals surface area contributed by atoms with Crippen molar-refractivity contribution in [2.24, 2.45) is 16.5 Å². The quantitative estimate of drug-likeness (QED) is 0.104. The number of nitrogens with two attached hydrogens (primary N) is 2. The smallest absolute Gasteiger partial charge is 0.408 e. The summed E-state index contributed by atoms with van der Waals surface area (Å²) in [6.07, 6.45) is -0.975. The fraction of sp³-hybridized carbons (Fsp3) is 0.444. The van der Waals surface area contributed by atoms with Gasteiger partial charge < -0.3 is 36.7 Å². The van der Waals surface area contributed by atoms with Crippen LogP contribution in [-0.2, 0) is 9.53 Å². The predicted octanol–water partition coefficient (Wildman–Crippen LogP) is -0.0453. The molecule has 14 heteroatoms. The van der Waals surface area contributed by atoms with Crippen molar-refractivity contribution in [3.63, 3.8) is 0 Å². The zero-order valence-electron chi connectivity index (χ0n) is 17.8. The third kappa shape index (κ3) is 9.15. The molecule has 1 aromatic rings. The number of carboxylic acid groups (broad SMARTS) is 1. The van der Waals surface area contributed by atoms with Gasteiger partial charge in [-0.25, -0.2) is 9.59 Å². The Kier molecular flexibility index (Phi) is 9.19. The lowest BCUT2D eigenvalue weighted by Crippen LogP contribution is -2.49. The van der Waals surface area contributed by atoms with E-state index in [1.807, 2.05) is 0 Å². The maximum absolute atomic E-state index is 12.4. The second-order valence-electron chi connectivity index (χ2n) is 7.34. The highest BCUT2D eigenvalue weighted by Gasteiger charge is 2.25. The molecule has 1 atom stereocenters. The SMILES string of the molecule is CC(C)(C)OC(=O)NC(CNC(=O)c1ccc(OCCN=C(N)N)c([N+](=O)[O-])c1)C(=O)O. The van der Waals surface area contributed by atoms with E-state index in [0.717, 1.165) is 6.07 Å². The topological polar surface area (TPSA) is 221 Å². The van der Waals surface area contributed by atoms with Crippen LogP contribution in [0.5, 0.6) is 5.75 Å². The van der Waals surface area contributed by atoms with Crippen molar-refractivity contribution in [1.82, 2.24) is 10.6 Å². The van der Waals surface area contributed by atoms with Gasteiger partial charge in [-0.3, -0.25) is 19.9 Å². The molecule has 0 spiro atoms. The molecule has 32 heavy (non-hydrogen) atoms. The predicted molar refractivity (Wildman–Crippen MR) is 112 cm³/mol. The lowest BCUT2D eigenvalue weighted by atomic mass is 10.1. The van der Waals surface area contributed by atoms with Crippen LogP contribution in [0.3, 0.4) is 0 Å². The first kappa shape index (κ1) is 25.9. The van der Waals surface area contributed by atoms with Crippen molar-refractivity contribution >= 4 is 29.6 Å². The Morgan fingerprint density at radius 3 is 2.47 bits per heavy atom. The van der Waals surface area contributed by atoms with Gasteiger partial charge in [0.05, 0.1) is 11.5 Å². The molecule has 0 aromatic heterocycles. The number of hydrogen-bond acceptors (Lipinski definition) is 8. The largest absolute Gasteiger partial charge is 0.485 e. The molecule has 1 rings (SSSR count). The van der Waals surface area contributed by atoms with Crippen LogP contribution in [-0.4, -0.2) is 65.3 Å². The highest BCUT2D eigenvalue weighted by Crippen LogP contribution is 2.28. The number of aliphatic imine (C=N–C) groups is 1. The van der Waals surface area contributed by atoms with Crippen molar-refractivity contribution in [1.29, 1.82) is 0 Å². The van der Waals surface area contributed by atoms with Gasteiger partial charge in [0.25, 0.3) is 5.91 Å². The number of nitrogens with zero attached hydrogens (tertiary/aromatic N) is 2. The summed E-state index contributed by atoms with van der Waals surface area (Å²) < 4.78 is 10.2. The second kappa shape index (κ2) is 11.3. The van der Waals surface area contributed by atoms with Gasteiger partial charge in [0.2, 0.25) is 0 Å². The molecule has 7 N–H and O–H groups in total. The molecule has 0 radical (unpaired) electrons. The maximum Gasteiger partial charge on any atom is 0.408 e. The lowest BCUT2D eigenvalue weighted by Gasteiger charge is -2.22. The fourth-order valence-electron chi connectivity index (χ4n) is 2.20. The van der Waals surface area contributed by atoms with Gasteiger partial charge >= 0.3 is 17.7 Å². The zero-order valence-corrected chi connectivity index (χ0v) is 17.8. The third-order valence-corrected chi connectivity index (χ3v) is 3.52. The van der Waals surface area contributed by atoms with Crippen molar-refractivity contribution in [2.75, 3.05) is 19.7 Å². The van der Waals surface area contributed by atoms with Crippen LogP contribution in [0.2, 0.25) is 0 Å². The molecule has 1 aromatic carbocycles. The van der Waals surface area contributed by atoms with Gasteiger partial charge in [-0.1, -0.05) is 0 Å². The van der Waals surface area contributed by atoms with E-state index >= 15 is 0 Å². The van der Waals surface area contributed by atoms with Gasteiger partial charge in [-0.15, -0.1) is 0 Å². The summed E-state index contributed by atoms with van der Waals surface area (Å²) in [6, 6.07) is 1.97. The Bertz CT molecular complexity index is 892. The fourth-order valence-corrected chi connectivity index (χ4v) is 2.20. The van der Waals surface area contributed by atoms with Crippen LogP contribution in [0.4, 0.5) is 10.5 Å². The number of ether oxygens (including phenoxy) is 2. The zero-order chi connectivity index (χ0) is 24.5. The Balaban J connectivity index is 2.83. The van der Waals surface area contributed by atoms with Gasteiger partial charge in [0, 0.05) is 18.2 Å². The number of benzene rings is 1. The number of nitrogens with one attached hydrogen (secondary N) is 2. The molecule has 0 aliphatic carbocycles. The van der Waals surface area contributed by atoms with Crippen LogP contribution in [0.1, 0.15) is 31.1 Å². The van der Waals surface area contributed by atoms with E-state index in [0.29, 0.717) is 0 Å². The Hall–Kier alpha value is -4.10. The number of carbonyl (C=O) groups excluding carboxylic acids is 2. The van der Waals surface area contributed by atoms with Crippen molar-refractivity contribution in [3.8, 4) is 5.75 Å². The summed E-state index contributed by atoms with van der Waals surface area (Å²) in [6.45, 7) is 4.35. The van der Waals surface area contributed by atoms with Crippen LogP contribution in [0, 0.1) is 10.1 Å². The molecular weight excluding hydrogens is 428 g/mol. The van der Waals surface area contributed by atoms with Gasteiger partial charge in [0.1, 0.15) is 18.2 Å². The Morgan fingerprint density at radius 1 is 1.28 bits per heavy atom. The number of nitro groups is 1. The minimum Gasteiger partial charge on any atom is -0.485 e. The number of alkyl carbamates (subject to hydrolysis) is 1. The van der Waals surface area contributed by atoms with Crippen LogP contribution in [0.25, 0.3) is 0 Å². The lowest BCUT2D eigenvalue weighted by molar-refractivity contribution is -0.385. The number of rotatable bonds is 10. The molecule has 0 saturated heterocycles. The Morgan fingerprint density at radius 2 is 1.94 bits per heavy atom. The number of hydrogen-bond donors (Lipinski definition) is 5. The molecule has 2 amide bonds. The summed E-state index contributed by atoms with van der Waals surface area (Å²) in [4.78, 5) is 49.7.